The number of aromatic nitrogens is 4. The summed E-state index contributed by atoms with van der Waals surface area (Å²) in [6.45, 7) is 0.175. The van der Waals surface area contributed by atoms with E-state index < -0.39 is 0 Å². The van der Waals surface area contributed by atoms with Gasteiger partial charge in [0.2, 0.25) is 5.75 Å². The summed E-state index contributed by atoms with van der Waals surface area (Å²) in [6.07, 6.45) is 1.40. The Kier molecular flexibility index (Phi) is 6.67. The van der Waals surface area contributed by atoms with Crippen LogP contribution in [0, 0.1) is 5.82 Å². The maximum atomic E-state index is 13.2. The first-order valence-corrected chi connectivity index (χ1v) is 10.2. The highest BCUT2D eigenvalue weighted by Crippen LogP contribution is 2.40. The van der Waals surface area contributed by atoms with Crippen LogP contribution < -0.4 is 19.5 Å². The Morgan fingerprint density at radius 1 is 0.912 bits per heavy atom. The molecule has 1 amide bonds. The van der Waals surface area contributed by atoms with E-state index in [1.807, 2.05) is 0 Å². The van der Waals surface area contributed by atoms with E-state index in [1.165, 1.54) is 39.8 Å². The molecule has 174 valence electrons. The summed E-state index contributed by atoms with van der Waals surface area (Å²) in [4.78, 5) is 21.1. The molecule has 0 radical (unpaired) electrons. The summed E-state index contributed by atoms with van der Waals surface area (Å²) in [7, 11) is 4.58. The number of carbonyl (C=O) groups excluding carboxylic acids is 1. The number of benzene rings is 2. The van der Waals surface area contributed by atoms with Gasteiger partial charge in [0.25, 0.3) is 5.91 Å². The lowest BCUT2D eigenvalue weighted by Gasteiger charge is -2.13. The van der Waals surface area contributed by atoms with Gasteiger partial charge in [-0.05, 0) is 48.5 Å². The number of amides is 1. The Balaban J connectivity index is 1.48. The molecule has 0 spiro atoms. The van der Waals surface area contributed by atoms with Crippen molar-refractivity contribution in [3.63, 3.8) is 0 Å². The molecule has 2 N–H and O–H groups in total. The van der Waals surface area contributed by atoms with Crippen LogP contribution >= 0.6 is 0 Å². The third-order valence-corrected chi connectivity index (χ3v) is 5.08. The largest absolute Gasteiger partial charge is 0.493 e. The van der Waals surface area contributed by atoms with Crippen LogP contribution in [0.2, 0.25) is 0 Å². The van der Waals surface area contributed by atoms with E-state index in [2.05, 4.69) is 25.5 Å². The number of carbonyl (C=O) groups is 1. The molecule has 0 saturated carbocycles. The predicted molar refractivity (Wildman–Crippen MR) is 122 cm³/mol. The summed E-state index contributed by atoms with van der Waals surface area (Å²) in [5.41, 5.74) is 3.48. The zero-order chi connectivity index (χ0) is 24.1. The molecule has 0 atom stereocenters. The Hall–Kier alpha value is -4.47. The van der Waals surface area contributed by atoms with Crippen molar-refractivity contribution in [1.29, 1.82) is 0 Å². The van der Waals surface area contributed by atoms with Gasteiger partial charge in [0, 0.05) is 11.1 Å². The molecule has 0 aliphatic carbocycles. The van der Waals surface area contributed by atoms with Gasteiger partial charge in [0.05, 0.1) is 45.0 Å². The number of nitrogens with zero attached hydrogens (tertiary/aromatic N) is 3. The third-order valence-electron chi connectivity index (χ3n) is 5.08. The summed E-state index contributed by atoms with van der Waals surface area (Å²) >= 11 is 0. The third kappa shape index (κ3) is 4.80. The minimum absolute atomic E-state index is 0.175. The molecule has 0 bridgehead atoms. The minimum Gasteiger partial charge on any atom is -0.493 e. The van der Waals surface area contributed by atoms with E-state index in [4.69, 9.17) is 14.2 Å². The first-order chi connectivity index (χ1) is 16.5. The first kappa shape index (κ1) is 22.7. The van der Waals surface area contributed by atoms with E-state index in [0.717, 1.165) is 5.56 Å². The average molecular weight is 463 g/mol. The lowest BCUT2D eigenvalue weighted by molar-refractivity contribution is 0.0945. The maximum absolute atomic E-state index is 13.2. The monoisotopic (exact) mass is 463 g/mol. The molecule has 2 aromatic heterocycles. The van der Waals surface area contributed by atoms with Crippen LogP contribution in [0.5, 0.6) is 17.2 Å². The molecular formula is C24H22FN5O4. The number of hydrogen-bond acceptors (Lipinski definition) is 7. The van der Waals surface area contributed by atoms with Crippen LogP contribution in [0.25, 0.3) is 22.5 Å². The highest BCUT2D eigenvalue weighted by atomic mass is 19.1. The van der Waals surface area contributed by atoms with Gasteiger partial charge >= 0.3 is 0 Å². The minimum atomic E-state index is -0.354. The van der Waals surface area contributed by atoms with Crippen LogP contribution in [-0.4, -0.2) is 47.4 Å². The molecular weight excluding hydrogens is 441 g/mol. The van der Waals surface area contributed by atoms with Gasteiger partial charge in [-0.2, -0.15) is 5.10 Å². The number of H-pyrrole nitrogens is 1. The molecule has 4 aromatic rings. The summed E-state index contributed by atoms with van der Waals surface area (Å²) in [6, 6.07) is 12.9. The fourth-order valence-corrected chi connectivity index (χ4v) is 3.35. The standard InChI is InChI=1S/C24H22FN5O4/c1-32-21-8-15(9-22(33-2)23(21)34-3)19-11-20(30-29-19)24(31)26-12-17-10-18(28-13-27-17)14-4-6-16(25)7-5-14/h4-11,13H,12H2,1-3H3,(H,26,31)(H,29,30). The summed E-state index contributed by atoms with van der Waals surface area (Å²) < 4.78 is 29.3. The van der Waals surface area contributed by atoms with Gasteiger partial charge in [0.1, 0.15) is 17.8 Å². The highest BCUT2D eigenvalue weighted by Gasteiger charge is 2.17. The average Bonchev–Trinajstić information content (AvgIpc) is 3.37. The second kappa shape index (κ2) is 9.99. The number of hydrogen-bond donors (Lipinski definition) is 2. The molecule has 10 heteroatoms. The van der Waals surface area contributed by atoms with E-state index in [1.54, 1.807) is 36.4 Å². The van der Waals surface area contributed by atoms with Crippen molar-refractivity contribution in [3.8, 4) is 39.8 Å². The number of ether oxygens (including phenoxy) is 3. The van der Waals surface area contributed by atoms with Gasteiger partial charge in [0.15, 0.2) is 11.5 Å². The van der Waals surface area contributed by atoms with Crippen LogP contribution in [-0.2, 0) is 6.54 Å². The number of nitrogens with one attached hydrogen (secondary N) is 2. The van der Waals surface area contributed by atoms with Crippen molar-refractivity contribution in [2.75, 3.05) is 21.3 Å². The zero-order valence-corrected chi connectivity index (χ0v) is 18.8. The van der Waals surface area contributed by atoms with E-state index in [9.17, 15) is 9.18 Å². The quantitative estimate of drug-likeness (QED) is 0.410. The van der Waals surface area contributed by atoms with Crippen LogP contribution in [0.1, 0.15) is 16.2 Å². The first-order valence-electron chi connectivity index (χ1n) is 10.2. The van der Waals surface area contributed by atoms with Crippen molar-refractivity contribution in [1.82, 2.24) is 25.5 Å². The second-order valence-electron chi connectivity index (χ2n) is 7.17. The van der Waals surface area contributed by atoms with Gasteiger partial charge in [-0.25, -0.2) is 14.4 Å². The van der Waals surface area contributed by atoms with Gasteiger partial charge in [-0.3, -0.25) is 9.89 Å². The Morgan fingerprint density at radius 2 is 1.62 bits per heavy atom. The molecule has 0 saturated heterocycles. The fourth-order valence-electron chi connectivity index (χ4n) is 3.35. The highest BCUT2D eigenvalue weighted by molar-refractivity contribution is 5.93. The molecule has 0 aliphatic rings. The van der Waals surface area contributed by atoms with Crippen LogP contribution in [0.3, 0.4) is 0 Å². The van der Waals surface area contributed by atoms with Crippen molar-refractivity contribution >= 4 is 5.91 Å². The van der Waals surface area contributed by atoms with Crippen molar-refractivity contribution < 1.29 is 23.4 Å². The molecule has 34 heavy (non-hydrogen) atoms. The fraction of sp³-hybridized carbons (Fsp3) is 0.167. The van der Waals surface area contributed by atoms with Crippen molar-refractivity contribution in [3.05, 3.63) is 72.1 Å². The Morgan fingerprint density at radius 3 is 2.26 bits per heavy atom. The Bertz CT molecular complexity index is 1280. The van der Waals surface area contributed by atoms with Crippen molar-refractivity contribution in [2.24, 2.45) is 0 Å². The number of methoxy groups -OCH3 is 3. The molecule has 2 heterocycles. The van der Waals surface area contributed by atoms with Gasteiger partial charge in [-0.15, -0.1) is 0 Å². The number of aromatic amines is 1. The molecule has 4 rings (SSSR count). The van der Waals surface area contributed by atoms with Gasteiger partial charge < -0.3 is 19.5 Å². The molecule has 0 unspecified atom stereocenters. The van der Waals surface area contributed by atoms with E-state index in [-0.39, 0.29) is 24.0 Å². The van der Waals surface area contributed by atoms with Gasteiger partial charge in [-0.1, -0.05) is 0 Å². The topological polar surface area (TPSA) is 111 Å². The predicted octanol–water partition coefficient (Wildman–Crippen LogP) is 3.63. The molecule has 2 aromatic carbocycles. The Labute approximate surface area is 194 Å². The number of rotatable bonds is 8. The zero-order valence-electron chi connectivity index (χ0n) is 18.8. The van der Waals surface area contributed by atoms with Crippen molar-refractivity contribution in [2.45, 2.75) is 6.54 Å². The maximum Gasteiger partial charge on any atom is 0.269 e. The second-order valence-corrected chi connectivity index (χ2v) is 7.17. The summed E-state index contributed by atoms with van der Waals surface area (Å²) in [5.74, 6) is 0.745. The van der Waals surface area contributed by atoms with Crippen LogP contribution in [0.4, 0.5) is 4.39 Å². The normalized spacial score (nSPS) is 10.6. The molecule has 9 nitrogen and oxygen atoms in total. The smallest absolute Gasteiger partial charge is 0.269 e. The molecule has 0 fully saturated rings. The van der Waals surface area contributed by atoms with Crippen LogP contribution in [0.15, 0.2) is 54.9 Å². The lowest BCUT2D eigenvalue weighted by atomic mass is 10.1. The summed E-state index contributed by atoms with van der Waals surface area (Å²) in [5, 5.41) is 9.78. The van der Waals surface area contributed by atoms with E-state index >= 15 is 0 Å². The number of halogens is 1. The SMILES string of the molecule is COc1cc(-c2cc(C(=O)NCc3cc(-c4ccc(F)cc4)ncn3)[nH]n2)cc(OC)c1OC. The lowest BCUT2D eigenvalue weighted by Crippen LogP contribution is -2.23. The van der Waals surface area contributed by atoms with E-state index in [0.29, 0.717) is 39.9 Å². The molecule has 0 aliphatic heterocycles.